The van der Waals surface area contributed by atoms with Crippen molar-refractivity contribution in [3.63, 3.8) is 0 Å². The maximum Gasteiger partial charge on any atom is 0.332 e. The molecule has 0 saturated carbocycles. The van der Waals surface area contributed by atoms with Crippen LogP contribution in [0.25, 0.3) is 0 Å². The van der Waals surface area contributed by atoms with Crippen molar-refractivity contribution in [2.75, 3.05) is 0 Å². The van der Waals surface area contributed by atoms with E-state index in [4.69, 9.17) is 10.5 Å². The molecule has 108 valence electrons. The number of nitrogens with two attached hydrogens (primary N) is 1. The monoisotopic (exact) mass is 347 g/mol. The van der Waals surface area contributed by atoms with E-state index in [9.17, 15) is 4.79 Å². The summed E-state index contributed by atoms with van der Waals surface area (Å²) >= 11 is 3.39. The van der Waals surface area contributed by atoms with Crippen molar-refractivity contribution >= 4 is 28.2 Å². The molecule has 2 amide bonds. The number of rotatable bonds is 5. The van der Waals surface area contributed by atoms with Crippen LogP contribution in [0, 0.1) is 0 Å². The maximum absolute atomic E-state index is 10.5. The van der Waals surface area contributed by atoms with Gasteiger partial charge in [-0.1, -0.05) is 40.2 Å². The van der Waals surface area contributed by atoms with Crippen LogP contribution in [0.15, 0.2) is 58.1 Å². The third-order valence-electron chi connectivity index (χ3n) is 2.57. The lowest BCUT2D eigenvalue weighted by Crippen LogP contribution is -2.24. The highest BCUT2D eigenvalue weighted by Gasteiger charge is 1.98. The molecule has 0 aliphatic carbocycles. The number of nitrogens with zero attached hydrogens (tertiary/aromatic N) is 1. The molecule has 0 fully saturated rings. The molecule has 0 unspecified atom stereocenters. The maximum atomic E-state index is 10.5. The number of urea groups is 1. The van der Waals surface area contributed by atoms with Gasteiger partial charge in [-0.3, -0.25) is 0 Å². The number of benzene rings is 2. The van der Waals surface area contributed by atoms with Crippen molar-refractivity contribution in [2.24, 2.45) is 10.8 Å². The Morgan fingerprint density at radius 2 is 2.05 bits per heavy atom. The molecule has 2 aromatic rings. The van der Waals surface area contributed by atoms with E-state index in [1.165, 1.54) is 6.21 Å². The van der Waals surface area contributed by atoms with Crippen molar-refractivity contribution in [3.8, 4) is 5.75 Å². The number of amides is 2. The van der Waals surface area contributed by atoms with Crippen LogP contribution >= 0.6 is 15.9 Å². The van der Waals surface area contributed by atoms with Crippen LogP contribution in [0.2, 0.25) is 0 Å². The first kappa shape index (κ1) is 15.1. The molecule has 0 atom stereocenters. The Bertz CT molecular complexity index is 642. The fraction of sp³-hybridized carbons (Fsp3) is 0.0667. The molecule has 2 rings (SSSR count). The molecule has 0 aliphatic rings. The summed E-state index contributed by atoms with van der Waals surface area (Å²) in [5.41, 5.74) is 8.94. The topological polar surface area (TPSA) is 76.7 Å². The minimum atomic E-state index is -0.700. The zero-order valence-electron chi connectivity index (χ0n) is 11.1. The number of carbonyl (C=O) groups excluding carboxylic acids is 1. The van der Waals surface area contributed by atoms with Gasteiger partial charge < -0.3 is 10.5 Å². The number of carbonyl (C=O) groups is 1. The van der Waals surface area contributed by atoms with Crippen LogP contribution in [-0.4, -0.2) is 12.2 Å². The van der Waals surface area contributed by atoms with Gasteiger partial charge in [-0.05, 0) is 35.4 Å². The third kappa shape index (κ3) is 5.27. The summed E-state index contributed by atoms with van der Waals surface area (Å²) in [6, 6.07) is 14.6. The fourth-order valence-corrected chi connectivity index (χ4v) is 1.87. The molecule has 0 bridgehead atoms. The SMILES string of the molecule is NC(=O)N/N=C\c1cccc(OCc2ccc(Br)cc2)c1. The second-order valence-electron chi connectivity index (χ2n) is 4.22. The van der Waals surface area contributed by atoms with E-state index in [0.29, 0.717) is 6.61 Å². The quantitative estimate of drug-likeness (QED) is 0.644. The summed E-state index contributed by atoms with van der Waals surface area (Å²) in [5.74, 6) is 0.723. The highest BCUT2D eigenvalue weighted by atomic mass is 79.9. The zero-order chi connectivity index (χ0) is 15.1. The van der Waals surface area contributed by atoms with Gasteiger partial charge in [0.25, 0.3) is 0 Å². The Labute approximate surface area is 130 Å². The van der Waals surface area contributed by atoms with Gasteiger partial charge in [-0.25, -0.2) is 10.2 Å². The van der Waals surface area contributed by atoms with Gasteiger partial charge >= 0.3 is 6.03 Å². The first-order valence-corrected chi connectivity index (χ1v) is 6.98. The van der Waals surface area contributed by atoms with E-state index in [2.05, 4.69) is 26.5 Å². The number of hydrogen-bond donors (Lipinski definition) is 2. The van der Waals surface area contributed by atoms with E-state index in [1.807, 2.05) is 48.5 Å². The summed E-state index contributed by atoms with van der Waals surface area (Å²) in [6.07, 6.45) is 1.50. The van der Waals surface area contributed by atoms with Crippen molar-refractivity contribution in [3.05, 3.63) is 64.1 Å². The van der Waals surface area contributed by atoms with E-state index in [-0.39, 0.29) is 0 Å². The number of hydrazone groups is 1. The van der Waals surface area contributed by atoms with Crippen molar-refractivity contribution < 1.29 is 9.53 Å². The lowest BCUT2D eigenvalue weighted by atomic mass is 10.2. The molecule has 0 spiro atoms. The Balaban J connectivity index is 1.96. The second-order valence-corrected chi connectivity index (χ2v) is 5.14. The second kappa shape index (κ2) is 7.44. The van der Waals surface area contributed by atoms with Gasteiger partial charge in [-0.15, -0.1) is 0 Å². The molecule has 2 aromatic carbocycles. The van der Waals surface area contributed by atoms with Crippen LogP contribution in [0.4, 0.5) is 4.79 Å². The van der Waals surface area contributed by atoms with Gasteiger partial charge in [0.1, 0.15) is 12.4 Å². The predicted octanol–water partition coefficient (Wildman–Crippen LogP) is 3.03. The molecule has 5 nitrogen and oxygen atoms in total. The molecule has 6 heteroatoms. The molecular weight excluding hydrogens is 334 g/mol. The molecule has 0 saturated heterocycles. The van der Waals surface area contributed by atoms with E-state index >= 15 is 0 Å². The Morgan fingerprint density at radius 1 is 1.29 bits per heavy atom. The predicted molar refractivity (Wildman–Crippen MR) is 85.2 cm³/mol. The summed E-state index contributed by atoms with van der Waals surface area (Å²) in [4.78, 5) is 10.5. The standard InChI is InChI=1S/C15H14BrN3O2/c16-13-6-4-11(5-7-13)10-21-14-3-1-2-12(8-14)9-18-19-15(17)20/h1-9H,10H2,(H3,17,19,20)/b18-9-. The van der Waals surface area contributed by atoms with Gasteiger partial charge in [0.05, 0.1) is 6.21 Å². The molecular formula is C15H14BrN3O2. The average molecular weight is 348 g/mol. The summed E-state index contributed by atoms with van der Waals surface area (Å²) in [5, 5.41) is 3.70. The normalized spacial score (nSPS) is 10.5. The molecule has 3 N–H and O–H groups in total. The summed E-state index contributed by atoms with van der Waals surface area (Å²) in [6.45, 7) is 0.480. The van der Waals surface area contributed by atoms with E-state index in [0.717, 1.165) is 21.3 Å². The lowest BCUT2D eigenvalue weighted by molar-refractivity contribution is 0.249. The first-order valence-electron chi connectivity index (χ1n) is 6.19. The molecule has 0 radical (unpaired) electrons. The molecule has 0 aromatic heterocycles. The van der Waals surface area contributed by atoms with Crippen molar-refractivity contribution in [1.82, 2.24) is 5.43 Å². The number of hydrogen-bond acceptors (Lipinski definition) is 3. The number of ether oxygens (including phenoxy) is 1. The van der Waals surface area contributed by atoms with Crippen LogP contribution in [0.1, 0.15) is 11.1 Å². The zero-order valence-corrected chi connectivity index (χ0v) is 12.7. The molecule has 0 aliphatic heterocycles. The molecule has 0 heterocycles. The largest absolute Gasteiger partial charge is 0.489 e. The number of primary amides is 1. The average Bonchev–Trinajstić information content (AvgIpc) is 2.47. The Kier molecular flexibility index (Phi) is 5.34. The number of halogens is 1. The Hall–Kier alpha value is -2.34. The van der Waals surface area contributed by atoms with Crippen LogP contribution in [-0.2, 0) is 6.61 Å². The minimum absolute atomic E-state index is 0.480. The van der Waals surface area contributed by atoms with Gasteiger partial charge in [0.15, 0.2) is 0 Å². The summed E-state index contributed by atoms with van der Waals surface area (Å²) < 4.78 is 6.74. The highest BCUT2D eigenvalue weighted by Crippen LogP contribution is 2.16. The van der Waals surface area contributed by atoms with Crippen LogP contribution in [0.5, 0.6) is 5.75 Å². The lowest BCUT2D eigenvalue weighted by Gasteiger charge is -2.07. The van der Waals surface area contributed by atoms with Crippen LogP contribution in [0.3, 0.4) is 0 Å². The Morgan fingerprint density at radius 3 is 2.76 bits per heavy atom. The van der Waals surface area contributed by atoms with Gasteiger partial charge in [-0.2, -0.15) is 5.10 Å². The van der Waals surface area contributed by atoms with E-state index < -0.39 is 6.03 Å². The fourth-order valence-electron chi connectivity index (χ4n) is 1.60. The van der Waals surface area contributed by atoms with Crippen molar-refractivity contribution in [1.29, 1.82) is 0 Å². The molecule has 21 heavy (non-hydrogen) atoms. The minimum Gasteiger partial charge on any atom is -0.489 e. The number of nitrogens with one attached hydrogen (secondary N) is 1. The summed E-state index contributed by atoms with van der Waals surface area (Å²) in [7, 11) is 0. The van der Waals surface area contributed by atoms with Gasteiger partial charge in [0, 0.05) is 4.47 Å². The smallest absolute Gasteiger partial charge is 0.332 e. The van der Waals surface area contributed by atoms with Gasteiger partial charge in [0.2, 0.25) is 0 Å². The van der Waals surface area contributed by atoms with E-state index in [1.54, 1.807) is 0 Å². The third-order valence-corrected chi connectivity index (χ3v) is 3.09. The highest BCUT2D eigenvalue weighted by molar-refractivity contribution is 9.10. The van der Waals surface area contributed by atoms with Crippen molar-refractivity contribution in [2.45, 2.75) is 6.61 Å². The first-order chi connectivity index (χ1) is 10.1. The van der Waals surface area contributed by atoms with Crippen LogP contribution < -0.4 is 15.9 Å².